The Hall–Kier alpha value is -4.16. The molecule has 0 aliphatic heterocycles. The maximum Gasteiger partial charge on any atom is 0.270 e. The summed E-state index contributed by atoms with van der Waals surface area (Å²) >= 11 is 3.45. The molecule has 0 saturated heterocycles. The zero-order valence-electron chi connectivity index (χ0n) is 18.2. The number of allylic oxidation sites excluding steroid dienone is 1. The quantitative estimate of drug-likeness (QED) is 0.164. The number of carbonyl (C=O) groups excluding carboxylic acids is 1. The summed E-state index contributed by atoms with van der Waals surface area (Å²) in [5, 5.41) is 23.4. The lowest BCUT2D eigenvalue weighted by molar-refractivity contribution is -0.384. The number of carbonyl (C=O) groups is 1. The second kappa shape index (κ2) is 11.6. The molecule has 34 heavy (non-hydrogen) atoms. The van der Waals surface area contributed by atoms with Gasteiger partial charge in [0.1, 0.15) is 0 Å². The molecular formula is C25H20BrN3O5. The lowest BCUT2D eigenvalue weighted by Crippen LogP contribution is -2.20. The second-order valence-corrected chi connectivity index (χ2v) is 7.80. The summed E-state index contributed by atoms with van der Waals surface area (Å²) in [4.78, 5) is 22.8. The molecule has 172 valence electrons. The molecule has 0 fully saturated rings. The second-order valence-electron chi connectivity index (χ2n) is 6.94. The van der Waals surface area contributed by atoms with Crippen molar-refractivity contribution in [2.24, 2.45) is 0 Å². The summed E-state index contributed by atoms with van der Waals surface area (Å²) < 4.78 is 11.9. The molecule has 0 aliphatic rings. The number of anilines is 1. The first-order chi connectivity index (χ1) is 16.4. The molecule has 1 N–H and O–H groups in total. The molecule has 9 heteroatoms. The molecule has 3 rings (SSSR count). The van der Waals surface area contributed by atoms with Crippen LogP contribution in [0.3, 0.4) is 0 Å². The van der Waals surface area contributed by atoms with Gasteiger partial charge in [-0.1, -0.05) is 30.3 Å². The number of nitrogens with one attached hydrogen (secondary N) is 1. The van der Waals surface area contributed by atoms with Crippen LogP contribution in [0.2, 0.25) is 0 Å². The van der Waals surface area contributed by atoms with Gasteiger partial charge >= 0.3 is 0 Å². The van der Waals surface area contributed by atoms with E-state index in [2.05, 4.69) is 27.3 Å². The molecule has 0 heterocycles. The standard InChI is InChI=1S/C25H20BrN3O5/c1-2-33-23-13-17(11-19(15-27)18-7-6-10-21(14-18)29(31)32)12-22(26)25(23)34-16-24(30)28-20-8-4-3-5-9-20/h3-14H,2,16H2,1H3,(H,28,30)/b19-11-. The van der Waals surface area contributed by atoms with Crippen LogP contribution in [0.25, 0.3) is 11.6 Å². The van der Waals surface area contributed by atoms with E-state index in [1.54, 1.807) is 36.4 Å². The molecule has 0 atom stereocenters. The SMILES string of the molecule is CCOc1cc(/C=C(/C#N)c2cccc([N+](=O)[O-])c2)cc(Br)c1OCC(=O)Nc1ccccc1. The van der Waals surface area contributed by atoms with Gasteiger partial charge in [-0.15, -0.1) is 0 Å². The van der Waals surface area contributed by atoms with Crippen LogP contribution in [-0.4, -0.2) is 24.0 Å². The van der Waals surface area contributed by atoms with Crippen molar-refractivity contribution in [3.05, 3.63) is 92.4 Å². The third-order valence-electron chi connectivity index (χ3n) is 4.54. The number of ether oxygens (including phenoxy) is 2. The van der Waals surface area contributed by atoms with Gasteiger partial charge in [-0.2, -0.15) is 5.26 Å². The summed E-state index contributed by atoms with van der Waals surface area (Å²) in [6.07, 6.45) is 1.60. The van der Waals surface area contributed by atoms with Crippen LogP contribution in [0.5, 0.6) is 11.5 Å². The highest BCUT2D eigenvalue weighted by molar-refractivity contribution is 9.10. The van der Waals surface area contributed by atoms with E-state index in [0.29, 0.717) is 39.4 Å². The summed E-state index contributed by atoms with van der Waals surface area (Å²) in [6.45, 7) is 1.92. The molecule has 0 aliphatic carbocycles. The number of nitriles is 1. The summed E-state index contributed by atoms with van der Waals surface area (Å²) in [5.74, 6) is 0.394. The van der Waals surface area contributed by atoms with E-state index in [0.717, 1.165) is 0 Å². The third kappa shape index (κ3) is 6.43. The minimum Gasteiger partial charge on any atom is -0.490 e. The van der Waals surface area contributed by atoms with Crippen LogP contribution in [0.1, 0.15) is 18.1 Å². The van der Waals surface area contributed by atoms with Crippen LogP contribution < -0.4 is 14.8 Å². The first kappa shape index (κ1) is 24.5. The van der Waals surface area contributed by atoms with Crippen molar-refractivity contribution in [1.82, 2.24) is 0 Å². The molecule has 8 nitrogen and oxygen atoms in total. The van der Waals surface area contributed by atoms with Crippen molar-refractivity contribution < 1.29 is 19.2 Å². The average molecular weight is 522 g/mol. The highest BCUT2D eigenvalue weighted by Crippen LogP contribution is 2.38. The molecule has 0 spiro atoms. The molecule has 0 aromatic heterocycles. The lowest BCUT2D eigenvalue weighted by Gasteiger charge is -2.15. The van der Waals surface area contributed by atoms with Gasteiger partial charge in [0.2, 0.25) is 0 Å². The average Bonchev–Trinajstić information content (AvgIpc) is 2.83. The Morgan fingerprint density at radius 1 is 1.15 bits per heavy atom. The van der Waals surface area contributed by atoms with Gasteiger partial charge in [-0.05, 0) is 64.3 Å². The maximum absolute atomic E-state index is 12.3. The third-order valence-corrected chi connectivity index (χ3v) is 5.13. The zero-order valence-corrected chi connectivity index (χ0v) is 19.7. The highest BCUT2D eigenvalue weighted by atomic mass is 79.9. The molecule has 0 bridgehead atoms. The van der Waals surface area contributed by atoms with Gasteiger partial charge in [-0.3, -0.25) is 14.9 Å². The fraction of sp³-hybridized carbons (Fsp3) is 0.120. The summed E-state index contributed by atoms with van der Waals surface area (Å²) in [7, 11) is 0. The van der Waals surface area contributed by atoms with E-state index in [-0.39, 0.29) is 23.8 Å². The van der Waals surface area contributed by atoms with E-state index < -0.39 is 4.92 Å². The van der Waals surface area contributed by atoms with E-state index in [1.165, 1.54) is 18.2 Å². The van der Waals surface area contributed by atoms with Gasteiger partial charge in [0.05, 0.1) is 27.6 Å². The summed E-state index contributed by atoms with van der Waals surface area (Å²) in [5.41, 5.74) is 1.83. The number of amides is 1. The topological polar surface area (TPSA) is 114 Å². The fourth-order valence-electron chi connectivity index (χ4n) is 3.06. The molecule has 0 radical (unpaired) electrons. The van der Waals surface area contributed by atoms with E-state index in [1.807, 2.05) is 25.1 Å². The van der Waals surface area contributed by atoms with Gasteiger partial charge in [0, 0.05) is 17.8 Å². The first-order valence-electron chi connectivity index (χ1n) is 10.2. The Labute approximate surface area is 204 Å². The number of hydrogen-bond donors (Lipinski definition) is 1. The zero-order chi connectivity index (χ0) is 24.5. The highest BCUT2D eigenvalue weighted by Gasteiger charge is 2.15. The normalized spacial score (nSPS) is 10.8. The van der Waals surface area contributed by atoms with Crippen LogP contribution in [0.4, 0.5) is 11.4 Å². The number of para-hydroxylation sites is 1. The number of rotatable bonds is 9. The van der Waals surface area contributed by atoms with E-state index in [4.69, 9.17) is 9.47 Å². The van der Waals surface area contributed by atoms with Crippen LogP contribution in [0.15, 0.2) is 71.2 Å². The Kier molecular flexibility index (Phi) is 8.37. The Morgan fingerprint density at radius 2 is 1.91 bits per heavy atom. The minimum atomic E-state index is -0.512. The smallest absolute Gasteiger partial charge is 0.270 e. The van der Waals surface area contributed by atoms with Gasteiger partial charge in [0.25, 0.3) is 11.6 Å². The number of benzene rings is 3. The Morgan fingerprint density at radius 3 is 2.59 bits per heavy atom. The number of hydrogen-bond acceptors (Lipinski definition) is 6. The van der Waals surface area contributed by atoms with E-state index >= 15 is 0 Å². The first-order valence-corrected chi connectivity index (χ1v) is 11.0. The van der Waals surface area contributed by atoms with Crippen molar-refractivity contribution in [1.29, 1.82) is 5.26 Å². The number of non-ortho nitro benzene ring substituents is 1. The van der Waals surface area contributed by atoms with Crippen LogP contribution in [0, 0.1) is 21.4 Å². The van der Waals surface area contributed by atoms with Gasteiger partial charge in [0.15, 0.2) is 18.1 Å². The number of nitro benzene ring substituents is 1. The summed E-state index contributed by atoms with van der Waals surface area (Å²) in [6, 6.07) is 20.4. The molecule has 0 saturated carbocycles. The number of nitro groups is 1. The van der Waals surface area contributed by atoms with Crippen molar-refractivity contribution >= 4 is 44.9 Å². The maximum atomic E-state index is 12.3. The number of nitrogens with zero attached hydrogens (tertiary/aromatic N) is 2. The fourth-order valence-corrected chi connectivity index (χ4v) is 3.64. The van der Waals surface area contributed by atoms with Crippen molar-refractivity contribution in [2.75, 3.05) is 18.5 Å². The largest absolute Gasteiger partial charge is 0.490 e. The minimum absolute atomic E-state index is 0.104. The molecule has 3 aromatic rings. The number of halogens is 1. The Bertz CT molecular complexity index is 1270. The van der Waals surface area contributed by atoms with Crippen molar-refractivity contribution in [3.63, 3.8) is 0 Å². The monoisotopic (exact) mass is 521 g/mol. The van der Waals surface area contributed by atoms with Gasteiger partial charge < -0.3 is 14.8 Å². The molecule has 0 unspecified atom stereocenters. The van der Waals surface area contributed by atoms with E-state index in [9.17, 15) is 20.2 Å². The molecular weight excluding hydrogens is 502 g/mol. The van der Waals surface area contributed by atoms with Crippen LogP contribution in [-0.2, 0) is 4.79 Å². The predicted molar refractivity (Wildman–Crippen MR) is 132 cm³/mol. The molecule has 1 amide bonds. The van der Waals surface area contributed by atoms with Crippen molar-refractivity contribution in [3.8, 4) is 17.6 Å². The van der Waals surface area contributed by atoms with Crippen molar-refractivity contribution in [2.45, 2.75) is 6.92 Å². The predicted octanol–water partition coefficient (Wildman–Crippen LogP) is 5.84. The van der Waals surface area contributed by atoms with Gasteiger partial charge in [-0.25, -0.2) is 0 Å². The Balaban J connectivity index is 1.85. The molecule has 3 aromatic carbocycles. The lowest BCUT2D eigenvalue weighted by atomic mass is 10.0. The van der Waals surface area contributed by atoms with Crippen LogP contribution >= 0.6 is 15.9 Å².